The molecule has 2 rings (SSSR count). The molecule has 0 spiro atoms. The van der Waals surface area contributed by atoms with Gasteiger partial charge in [0.25, 0.3) is 0 Å². The van der Waals surface area contributed by atoms with Crippen molar-refractivity contribution in [2.45, 2.75) is 58.4 Å². The van der Waals surface area contributed by atoms with Crippen molar-refractivity contribution in [3.8, 4) is 0 Å². The van der Waals surface area contributed by atoms with E-state index in [2.05, 4.69) is 24.1 Å². The Morgan fingerprint density at radius 2 is 1.88 bits per heavy atom. The number of nitrogens with zero attached hydrogens (tertiary/aromatic N) is 1. The standard InChI is InChI=1S/C15H30N2/c1-3-9-16-15-7-10-17(11-8-15)12-14-6-4-5-13(14)2/h13-16H,3-12H2,1-2H3. The molecule has 2 heteroatoms. The van der Waals surface area contributed by atoms with Crippen molar-refractivity contribution in [2.24, 2.45) is 11.8 Å². The zero-order chi connectivity index (χ0) is 12.1. The van der Waals surface area contributed by atoms with E-state index in [9.17, 15) is 0 Å². The summed E-state index contributed by atoms with van der Waals surface area (Å²) in [5.41, 5.74) is 0. The molecule has 0 aromatic heterocycles. The molecule has 0 aromatic rings. The van der Waals surface area contributed by atoms with E-state index in [1.807, 2.05) is 0 Å². The Hall–Kier alpha value is -0.0800. The van der Waals surface area contributed by atoms with Gasteiger partial charge in [-0.25, -0.2) is 0 Å². The molecule has 2 unspecified atom stereocenters. The Bertz CT molecular complexity index is 209. The molecule has 2 fully saturated rings. The molecule has 2 aliphatic rings. The Morgan fingerprint density at radius 3 is 2.47 bits per heavy atom. The second-order valence-corrected chi connectivity index (χ2v) is 6.20. The molecule has 0 amide bonds. The van der Waals surface area contributed by atoms with Gasteiger partial charge in [-0.05, 0) is 57.2 Å². The van der Waals surface area contributed by atoms with Crippen LogP contribution in [0.1, 0.15) is 52.4 Å². The van der Waals surface area contributed by atoms with E-state index >= 15 is 0 Å². The largest absolute Gasteiger partial charge is 0.314 e. The third-order valence-corrected chi connectivity index (χ3v) is 4.80. The van der Waals surface area contributed by atoms with Crippen LogP contribution in [0.15, 0.2) is 0 Å². The maximum Gasteiger partial charge on any atom is 0.00914 e. The number of nitrogens with one attached hydrogen (secondary N) is 1. The van der Waals surface area contributed by atoms with Crippen molar-refractivity contribution in [1.29, 1.82) is 0 Å². The fourth-order valence-electron chi connectivity index (χ4n) is 3.49. The molecule has 0 radical (unpaired) electrons. The van der Waals surface area contributed by atoms with E-state index in [0.717, 1.165) is 17.9 Å². The van der Waals surface area contributed by atoms with Gasteiger partial charge in [0.05, 0.1) is 0 Å². The quantitative estimate of drug-likeness (QED) is 0.792. The fraction of sp³-hybridized carbons (Fsp3) is 1.00. The molecule has 17 heavy (non-hydrogen) atoms. The van der Waals surface area contributed by atoms with Gasteiger partial charge >= 0.3 is 0 Å². The third-order valence-electron chi connectivity index (χ3n) is 4.80. The number of likely N-dealkylation sites (tertiary alicyclic amines) is 1. The summed E-state index contributed by atoms with van der Waals surface area (Å²) in [6, 6.07) is 0.798. The van der Waals surface area contributed by atoms with Gasteiger partial charge in [0, 0.05) is 12.6 Å². The van der Waals surface area contributed by atoms with Crippen LogP contribution in [-0.2, 0) is 0 Å². The van der Waals surface area contributed by atoms with Gasteiger partial charge in [-0.3, -0.25) is 0 Å². The maximum absolute atomic E-state index is 3.67. The Morgan fingerprint density at radius 1 is 1.12 bits per heavy atom. The molecule has 0 aromatic carbocycles. The minimum absolute atomic E-state index is 0.798. The van der Waals surface area contributed by atoms with Crippen LogP contribution in [0.2, 0.25) is 0 Å². The highest BCUT2D eigenvalue weighted by Crippen LogP contribution is 2.32. The van der Waals surface area contributed by atoms with E-state index in [1.54, 1.807) is 0 Å². The number of rotatable bonds is 5. The highest BCUT2D eigenvalue weighted by Gasteiger charge is 2.27. The lowest BCUT2D eigenvalue weighted by atomic mass is 9.96. The first kappa shape index (κ1) is 13.4. The van der Waals surface area contributed by atoms with Crippen LogP contribution in [-0.4, -0.2) is 37.1 Å². The first-order valence-corrected chi connectivity index (χ1v) is 7.75. The Balaban J connectivity index is 1.65. The minimum Gasteiger partial charge on any atom is -0.314 e. The van der Waals surface area contributed by atoms with E-state index < -0.39 is 0 Å². The lowest BCUT2D eigenvalue weighted by Gasteiger charge is -2.34. The molecule has 1 saturated heterocycles. The van der Waals surface area contributed by atoms with Crippen LogP contribution < -0.4 is 5.32 Å². The molecule has 0 bridgehead atoms. The van der Waals surface area contributed by atoms with E-state index in [-0.39, 0.29) is 0 Å². The summed E-state index contributed by atoms with van der Waals surface area (Å²) in [6.45, 7) is 9.93. The lowest BCUT2D eigenvalue weighted by molar-refractivity contribution is 0.160. The van der Waals surface area contributed by atoms with Crippen molar-refractivity contribution in [2.75, 3.05) is 26.2 Å². The van der Waals surface area contributed by atoms with Gasteiger partial charge in [0.2, 0.25) is 0 Å². The second-order valence-electron chi connectivity index (χ2n) is 6.20. The Labute approximate surface area is 107 Å². The maximum atomic E-state index is 3.67. The van der Waals surface area contributed by atoms with Crippen molar-refractivity contribution in [3.63, 3.8) is 0 Å². The minimum atomic E-state index is 0.798. The molecule has 1 aliphatic carbocycles. The topological polar surface area (TPSA) is 15.3 Å². The average molecular weight is 238 g/mol. The normalized spacial score (nSPS) is 32.1. The van der Waals surface area contributed by atoms with Crippen LogP contribution in [0.5, 0.6) is 0 Å². The number of piperidine rings is 1. The zero-order valence-electron chi connectivity index (χ0n) is 11.8. The molecule has 1 aliphatic heterocycles. The molecule has 2 atom stereocenters. The fourth-order valence-corrected chi connectivity index (χ4v) is 3.49. The van der Waals surface area contributed by atoms with Gasteiger partial charge in [-0.1, -0.05) is 26.7 Å². The first-order chi connectivity index (χ1) is 8.29. The molecular formula is C15H30N2. The summed E-state index contributed by atoms with van der Waals surface area (Å²) in [7, 11) is 0. The number of hydrogen-bond donors (Lipinski definition) is 1. The van der Waals surface area contributed by atoms with Crippen molar-refractivity contribution in [3.05, 3.63) is 0 Å². The first-order valence-electron chi connectivity index (χ1n) is 7.75. The van der Waals surface area contributed by atoms with Crippen LogP contribution in [0.4, 0.5) is 0 Å². The molecule has 100 valence electrons. The van der Waals surface area contributed by atoms with Gasteiger partial charge in [0.1, 0.15) is 0 Å². The summed E-state index contributed by atoms with van der Waals surface area (Å²) in [5, 5.41) is 3.67. The van der Waals surface area contributed by atoms with Crippen molar-refractivity contribution in [1.82, 2.24) is 10.2 Å². The monoisotopic (exact) mass is 238 g/mol. The Kier molecular flexibility index (Phi) is 5.30. The van der Waals surface area contributed by atoms with Crippen LogP contribution in [0, 0.1) is 11.8 Å². The highest BCUT2D eigenvalue weighted by atomic mass is 15.1. The van der Waals surface area contributed by atoms with E-state index in [4.69, 9.17) is 0 Å². The molecular weight excluding hydrogens is 208 g/mol. The van der Waals surface area contributed by atoms with Crippen molar-refractivity contribution >= 4 is 0 Å². The highest BCUT2D eigenvalue weighted by molar-refractivity contribution is 4.82. The lowest BCUT2D eigenvalue weighted by Crippen LogP contribution is -2.44. The zero-order valence-corrected chi connectivity index (χ0v) is 11.8. The summed E-state index contributed by atoms with van der Waals surface area (Å²) in [6.07, 6.45) is 8.41. The smallest absolute Gasteiger partial charge is 0.00914 e. The van der Waals surface area contributed by atoms with Crippen molar-refractivity contribution < 1.29 is 0 Å². The van der Waals surface area contributed by atoms with Gasteiger partial charge < -0.3 is 10.2 Å². The molecule has 1 N–H and O–H groups in total. The molecule has 1 saturated carbocycles. The predicted molar refractivity (Wildman–Crippen MR) is 74.3 cm³/mol. The SMILES string of the molecule is CCCNC1CCN(CC2CCCC2C)CC1. The summed E-state index contributed by atoms with van der Waals surface area (Å²) >= 11 is 0. The van der Waals surface area contributed by atoms with E-state index in [1.165, 1.54) is 64.7 Å². The van der Waals surface area contributed by atoms with Gasteiger partial charge in [0.15, 0.2) is 0 Å². The van der Waals surface area contributed by atoms with Gasteiger partial charge in [-0.2, -0.15) is 0 Å². The summed E-state index contributed by atoms with van der Waals surface area (Å²) in [5.74, 6) is 1.97. The second kappa shape index (κ2) is 6.75. The molecule has 1 heterocycles. The van der Waals surface area contributed by atoms with Crippen LogP contribution in [0.3, 0.4) is 0 Å². The summed E-state index contributed by atoms with van der Waals surface area (Å²) in [4.78, 5) is 2.72. The van der Waals surface area contributed by atoms with Gasteiger partial charge in [-0.15, -0.1) is 0 Å². The predicted octanol–water partition coefficient (Wildman–Crippen LogP) is 2.89. The third kappa shape index (κ3) is 3.96. The average Bonchev–Trinajstić information content (AvgIpc) is 2.74. The van der Waals surface area contributed by atoms with Crippen LogP contribution >= 0.6 is 0 Å². The summed E-state index contributed by atoms with van der Waals surface area (Å²) < 4.78 is 0. The van der Waals surface area contributed by atoms with E-state index in [0.29, 0.717) is 0 Å². The molecule has 2 nitrogen and oxygen atoms in total. The van der Waals surface area contributed by atoms with Crippen LogP contribution in [0.25, 0.3) is 0 Å². The number of hydrogen-bond acceptors (Lipinski definition) is 2.